The highest BCUT2D eigenvalue weighted by Gasteiger charge is 2.28. The molecule has 1 aliphatic rings. The second kappa shape index (κ2) is 8.68. The van der Waals surface area contributed by atoms with Gasteiger partial charge in [0.05, 0.1) is 4.92 Å². The van der Waals surface area contributed by atoms with E-state index in [4.69, 9.17) is 16.1 Å². The van der Waals surface area contributed by atoms with Crippen LogP contribution in [0.15, 0.2) is 41.1 Å². The summed E-state index contributed by atoms with van der Waals surface area (Å²) in [5.74, 6) is 1.43. The van der Waals surface area contributed by atoms with Crippen LogP contribution < -0.4 is 4.90 Å². The van der Waals surface area contributed by atoms with Crippen LogP contribution in [-0.4, -0.2) is 57.0 Å². The molecule has 1 fully saturated rings. The lowest BCUT2D eigenvalue weighted by molar-refractivity contribution is -0.385. The van der Waals surface area contributed by atoms with Gasteiger partial charge in [0.2, 0.25) is 11.7 Å². The van der Waals surface area contributed by atoms with E-state index in [9.17, 15) is 14.9 Å². The first-order valence-corrected chi connectivity index (χ1v) is 10.1. The van der Waals surface area contributed by atoms with Crippen molar-refractivity contribution in [1.29, 1.82) is 0 Å². The first-order chi connectivity index (χ1) is 15.0. The maximum atomic E-state index is 12.9. The first kappa shape index (κ1) is 20.7. The molecule has 1 aromatic carbocycles. The topological polar surface area (TPSA) is 118 Å². The monoisotopic (exact) mass is 442 g/mol. The number of piperazine rings is 1. The van der Waals surface area contributed by atoms with Crippen molar-refractivity contribution in [2.75, 3.05) is 31.1 Å². The number of anilines is 1. The van der Waals surface area contributed by atoms with E-state index in [1.165, 1.54) is 18.2 Å². The third-order valence-corrected chi connectivity index (χ3v) is 5.29. The number of hydrogen-bond donors (Lipinski definition) is 0. The minimum atomic E-state index is -0.571. The lowest BCUT2D eigenvalue weighted by Gasteiger charge is -2.35. The van der Waals surface area contributed by atoms with E-state index in [1.807, 2.05) is 24.0 Å². The lowest BCUT2D eigenvalue weighted by Crippen LogP contribution is -2.49. The second-order valence-corrected chi connectivity index (χ2v) is 7.40. The van der Waals surface area contributed by atoms with Crippen molar-refractivity contribution in [2.24, 2.45) is 0 Å². The van der Waals surface area contributed by atoms with Crippen molar-refractivity contribution in [1.82, 2.24) is 20.0 Å². The molecule has 11 heteroatoms. The van der Waals surface area contributed by atoms with Gasteiger partial charge < -0.3 is 14.3 Å². The van der Waals surface area contributed by atoms with Crippen LogP contribution in [0.25, 0.3) is 11.4 Å². The van der Waals surface area contributed by atoms with Crippen LogP contribution in [0.2, 0.25) is 5.02 Å². The molecular formula is C20H19ClN6O4. The van der Waals surface area contributed by atoms with Gasteiger partial charge in [-0.3, -0.25) is 14.9 Å². The number of aromatic nitrogens is 3. The Bertz CT molecular complexity index is 1110. The van der Waals surface area contributed by atoms with E-state index in [0.29, 0.717) is 44.3 Å². The van der Waals surface area contributed by atoms with E-state index in [0.717, 1.165) is 11.4 Å². The summed E-state index contributed by atoms with van der Waals surface area (Å²) in [7, 11) is 0. The van der Waals surface area contributed by atoms with Gasteiger partial charge in [-0.15, -0.1) is 0 Å². The van der Waals surface area contributed by atoms with Crippen LogP contribution in [-0.2, 0) is 6.42 Å². The number of benzene rings is 1. The Hall–Kier alpha value is -3.53. The molecule has 0 atom stereocenters. The molecule has 3 aromatic rings. The van der Waals surface area contributed by atoms with Gasteiger partial charge in [-0.25, -0.2) is 4.98 Å². The highest BCUT2D eigenvalue weighted by atomic mass is 35.5. The van der Waals surface area contributed by atoms with Gasteiger partial charge in [0.25, 0.3) is 11.6 Å². The van der Waals surface area contributed by atoms with Gasteiger partial charge in [0.15, 0.2) is 0 Å². The van der Waals surface area contributed by atoms with Crippen molar-refractivity contribution in [3.63, 3.8) is 0 Å². The smallest absolute Gasteiger partial charge is 0.282 e. The minimum absolute atomic E-state index is 0.0000106. The number of aryl methyl sites for hydroxylation is 1. The van der Waals surface area contributed by atoms with Crippen molar-refractivity contribution < 1.29 is 14.2 Å². The van der Waals surface area contributed by atoms with Gasteiger partial charge in [-0.2, -0.15) is 4.98 Å². The van der Waals surface area contributed by atoms with Gasteiger partial charge in [0, 0.05) is 55.4 Å². The molecule has 0 bridgehead atoms. The predicted octanol–water partition coefficient (Wildman–Crippen LogP) is 3.22. The molecule has 0 N–H and O–H groups in total. The first-order valence-electron chi connectivity index (χ1n) is 9.73. The van der Waals surface area contributed by atoms with Crippen LogP contribution >= 0.6 is 11.6 Å². The van der Waals surface area contributed by atoms with Crippen molar-refractivity contribution in [3.8, 4) is 11.4 Å². The van der Waals surface area contributed by atoms with Crippen LogP contribution in [0.5, 0.6) is 0 Å². The normalized spacial score (nSPS) is 14.0. The fraction of sp³-hybridized carbons (Fsp3) is 0.300. The third kappa shape index (κ3) is 4.33. The van der Waals surface area contributed by atoms with Gasteiger partial charge in [-0.05, 0) is 24.3 Å². The molecule has 0 unspecified atom stereocenters. The number of rotatable bonds is 5. The lowest BCUT2D eigenvalue weighted by atomic mass is 10.1. The molecule has 10 nitrogen and oxygen atoms in total. The molecule has 160 valence electrons. The number of halogens is 1. The second-order valence-electron chi connectivity index (χ2n) is 6.97. The number of carbonyl (C=O) groups is 1. The number of pyridine rings is 1. The average molecular weight is 443 g/mol. The fourth-order valence-corrected chi connectivity index (χ4v) is 3.54. The van der Waals surface area contributed by atoms with Crippen molar-refractivity contribution in [3.05, 3.63) is 63.1 Å². The molecule has 31 heavy (non-hydrogen) atoms. The van der Waals surface area contributed by atoms with E-state index < -0.39 is 10.8 Å². The number of amides is 1. The molecule has 2 aromatic heterocycles. The fourth-order valence-electron chi connectivity index (χ4n) is 3.37. The molecule has 0 saturated carbocycles. The molecule has 3 heterocycles. The molecule has 0 radical (unpaired) electrons. The number of carbonyl (C=O) groups excluding carboxylic acids is 1. The summed E-state index contributed by atoms with van der Waals surface area (Å²) in [5.41, 5.74) is 0.510. The molecule has 0 spiro atoms. The summed E-state index contributed by atoms with van der Waals surface area (Å²) in [4.78, 5) is 36.0. The zero-order valence-corrected chi connectivity index (χ0v) is 17.4. The Morgan fingerprint density at radius 1 is 1.23 bits per heavy atom. The Labute approximate surface area is 182 Å². The summed E-state index contributed by atoms with van der Waals surface area (Å²) in [6.07, 6.45) is 2.35. The molecule has 1 amide bonds. The van der Waals surface area contributed by atoms with Crippen LogP contribution in [0.3, 0.4) is 0 Å². The average Bonchev–Trinajstić information content (AvgIpc) is 3.28. The maximum Gasteiger partial charge on any atom is 0.282 e. The number of nitro groups is 1. The van der Waals surface area contributed by atoms with E-state index in [2.05, 4.69) is 15.1 Å². The molecule has 4 rings (SSSR count). The summed E-state index contributed by atoms with van der Waals surface area (Å²) in [5, 5.41) is 15.5. The maximum absolute atomic E-state index is 12.9. The van der Waals surface area contributed by atoms with Gasteiger partial charge in [-0.1, -0.05) is 23.7 Å². The van der Waals surface area contributed by atoms with E-state index in [1.54, 1.807) is 11.1 Å². The molecule has 1 saturated heterocycles. The SMILES string of the molecule is CCc1nc(-c2ccc(N3CCN(C(=O)c4cc(Cl)ccc4[N+](=O)[O-])CC3)nc2)no1. The Morgan fingerprint density at radius 3 is 2.61 bits per heavy atom. The zero-order valence-electron chi connectivity index (χ0n) is 16.7. The van der Waals surface area contributed by atoms with Crippen LogP contribution in [0.4, 0.5) is 11.5 Å². The minimum Gasteiger partial charge on any atom is -0.353 e. The highest BCUT2D eigenvalue weighted by Crippen LogP contribution is 2.25. The largest absolute Gasteiger partial charge is 0.353 e. The van der Waals surface area contributed by atoms with Gasteiger partial charge in [0.1, 0.15) is 11.4 Å². The zero-order chi connectivity index (χ0) is 22.0. The summed E-state index contributed by atoms with van der Waals surface area (Å²) < 4.78 is 5.13. The third-order valence-electron chi connectivity index (χ3n) is 5.05. The Balaban J connectivity index is 1.42. The number of nitrogens with zero attached hydrogens (tertiary/aromatic N) is 6. The molecular weight excluding hydrogens is 424 g/mol. The van der Waals surface area contributed by atoms with Crippen molar-refractivity contribution in [2.45, 2.75) is 13.3 Å². The van der Waals surface area contributed by atoms with E-state index >= 15 is 0 Å². The highest BCUT2D eigenvalue weighted by molar-refractivity contribution is 6.31. The summed E-state index contributed by atoms with van der Waals surface area (Å²) >= 11 is 5.95. The van der Waals surface area contributed by atoms with E-state index in [-0.39, 0.29) is 16.3 Å². The quantitative estimate of drug-likeness (QED) is 0.436. The molecule has 0 aliphatic carbocycles. The number of nitro benzene ring substituents is 1. The number of hydrogen-bond acceptors (Lipinski definition) is 8. The van der Waals surface area contributed by atoms with Crippen molar-refractivity contribution >= 4 is 29.0 Å². The standard InChI is InChI=1S/C20H19ClN6O4/c1-2-18-23-19(24-31-18)13-3-6-17(22-12-13)25-7-9-26(10-8-25)20(28)15-11-14(21)4-5-16(15)27(29)30/h3-6,11-12H,2,7-10H2,1H3. The Kier molecular flexibility index (Phi) is 5.81. The van der Waals surface area contributed by atoms with Gasteiger partial charge >= 0.3 is 0 Å². The van der Waals surface area contributed by atoms with Crippen LogP contribution in [0.1, 0.15) is 23.2 Å². The van der Waals surface area contributed by atoms with Crippen LogP contribution in [0, 0.1) is 10.1 Å². The molecule has 1 aliphatic heterocycles. The summed E-state index contributed by atoms with van der Waals surface area (Å²) in [6.45, 7) is 3.87. The summed E-state index contributed by atoms with van der Waals surface area (Å²) in [6, 6.07) is 7.75. The Morgan fingerprint density at radius 2 is 2.00 bits per heavy atom. The predicted molar refractivity (Wildman–Crippen MR) is 113 cm³/mol.